The first-order valence-corrected chi connectivity index (χ1v) is 20.8. The number of carbonyl (C=O) groups excluding carboxylic acids is 2. The quantitative estimate of drug-likeness (QED) is 0.0430. The molecule has 0 radical (unpaired) electrons. The van der Waals surface area contributed by atoms with E-state index in [4.69, 9.17) is 0 Å². The lowest BCUT2D eigenvalue weighted by Crippen LogP contribution is -2.25. The van der Waals surface area contributed by atoms with Crippen LogP contribution in [0.5, 0.6) is 0 Å². The van der Waals surface area contributed by atoms with Gasteiger partial charge in [0.15, 0.2) is 5.78 Å². The zero-order valence-corrected chi connectivity index (χ0v) is 32.4. The van der Waals surface area contributed by atoms with E-state index in [2.05, 4.69) is 67.8 Å². The Morgan fingerprint density at radius 1 is 0.520 bits per heavy atom. The van der Waals surface area contributed by atoms with E-state index < -0.39 is 0 Å². The Balaban J connectivity index is 2.14. The Hall–Kier alpha value is -2.72. The van der Waals surface area contributed by atoms with Crippen LogP contribution in [0.1, 0.15) is 207 Å². The monoisotopic (exact) mass is 690 g/mol. The topological polar surface area (TPSA) is 66.4 Å². The highest BCUT2D eigenvalue weighted by Gasteiger charge is 2.13. The molecule has 0 atom stereocenters. The second-order valence-electron chi connectivity index (χ2n) is 14.0. The number of aliphatic hydroxyl groups excluding tert-OH is 1. The SMILES string of the molecule is CCCCC/C=C\C/C=C\CCCCCCCCCC(=O)c1cc(CO)cc(C(=O)NCCCCCCCC/C=C\C/C=C\CCCCC)c1. The lowest BCUT2D eigenvalue weighted by Gasteiger charge is -2.09. The predicted octanol–water partition coefficient (Wildman–Crippen LogP) is 13.5. The van der Waals surface area contributed by atoms with E-state index in [1.54, 1.807) is 18.2 Å². The van der Waals surface area contributed by atoms with Gasteiger partial charge in [-0.25, -0.2) is 0 Å². The minimum Gasteiger partial charge on any atom is -0.392 e. The van der Waals surface area contributed by atoms with E-state index in [0.29, 0.717) is 29.7 Å². The summed E-state index contributed by atoms with van der Waals surface area (Å²) in [6.45, 7) is 4.94. The smallest absolute Gasteiger partial charge is 0.251 e. The number of hydrogen-bond acceptors (Lipinski definition) is 3. The molecular formula is C46H75NO3. The maximum Gasteiger partial charge on any atom is 0.251 e. The summed E-state index contributed by atoms with van der Waals surface area (Å²) in [7, 11) is 0. The molecule has 4 nitrogen and oxygen atoms in total. The molecule has 0 saturated carbocycles. The van der Waals surface area contributed by atoms with E-state index in [1.165, 1.54) is 109 Å². The number of Topliss-reactive ketones (excluding diaryl/α,β-unsaturated/α-hetero) is 1. The van der Waals surface area contributed by atoms with E-state index in [-0.39, 0.29) is 18.3 Å². The number of benzene rings is 1. The molecule has 1 aromatic rings. The van der Waals surface area contributed by atoms with Crippen molar-refractivity contribution < 1.29 is 14.7 Å². The number of amides is 1. The molecule has 282 valence electrons. The molecule has 0 bridgehead atoms. The minimum absolute atomic E-state index is 0.0575. The molecule has 0 unspecified atom stereocenters. The summed E-state index contributed by atoms with van der Waals surface area (Å²) in [5.41, 5.74) is 1.62. The minimum atomic E-state index is -0.181. The van der Waals surface area contributed by atoms with Crippen LogP contribution in [0.3, 0.4) is 0 Å². The van der Waals surface area contributed by atoms with Crippen molar-refractivity contribution in [2.45, 2.75) is 187 Å². The Bertz CT molecular complexity index is 1000. The fourth-order valence-electron chi connectivity index (χ4n) is 6.09. The van der Waals surface area contributed by atoms with Crippen LogP contribution in [0.4, 0.5) is 0 Å². The first kappa shape index (κ1) is 45.3. The van der Waals surface area contributed by atoms with Crippen LogP contribution in [-0.4, -0.2) is 23.3 Å². The lowest BCUT2D eigenvalue weighted by molar-refractivity contribution is 0.0952. The first-order valence-electron chi connectivity index (χ1n) is 20.8. The Labute approximate surface area is 308 Å². The van der Waals surface area contributed by atoms with E-state index in [9.17, 15) is 14.7 Å². The molecule has 0 aliphatic carbocycles. The Kier molecular flexibility index (Phi) is 31.5. The van der Waals surface area contributed by atoms with Crippen molar-refractivity contribution in [3.05, 3.63) is 83.5 Å². The highest BCUT2D eigenvalue weighted by atomic mass is 16.3. The third-order valence-corrected chi connectivity index (χ3v) is 9.28. The molecule has 4 heteroatoms. The number of hydrogen-bond donors (Lipinski definition) is 2. The zero-order valence-electron chi connectivity index (χ0n) is 32.4. The van der Waals surface area contributed by atoms with Gasteiger partial charge in [0.25, 0.3) is 5.91 Å². The number of unbranched alkanes of at least 4 members (excludes halogenated alkanes) is 19. The van der Waals surface area contributed by atoms with Crippen LogP contribution in [-0.2, 0) is 6.61 Å². The van der Waals surface area contributed by atoms with Gasteiger partial charge in [-0.1, -0.05) is 146 Å². The van der Waals surface area contributed by atoms with Gasteiger partial charge in [-0.05, 0) is 101 Å². The van der Waals surface area contributed by atoms with Crippen molar-refractivity contribution >= 4 is 11.7 Å². The number of carbonyl (C=O) groups is 2. The summed E-state index contributed by atoms with van der Waals surface area (Å²) in [5, 5.41) is 12.8. The Morgan fingerprint density at radius 3 is 1.42 bits per heavy atom. The van der Waals surface area contributed by atoms with Crippen LogP contribution in [0, 0.1) is 0 Å². The van der Waals surface area contributed by atoms with Gasteiger partial charge in [0.05, 0.1) is 6.61 Å². The second-order valence-corrected chi connectivity index (χ2v) is 14.0. The van der Waals surface area contributed by atoms with E-state index in [0.717, 1.165) is 51.4 Å². The van der Waals surface area contributed by atoms with Crippen molar-refractivity contribution in [2.24, 2.45) is 0 Å². The molecule has 0 aromatic heterocycles. The molecular weight excluding hydrogens is 615 g/mol. The molecule has 50 heavy (non-hydrogen) atoms. The van der Waals surface area contributed by atoms with Crippen LogP contribution in [0.25, 0.3) is 0 Å². The van der Waals surface area contributed by atoms with Gasteiger partial charge in [0.1, 0.15) is 0 Å². The highest BCUT2D eigenvalue weighted by molar-refractivity contribution is 6.00. The molecule has 0 fully saturated rings. The molecule has 0 saturated heterocycles. The van der Waals surface area contributed by atoms with Crippen LogP contribution >= 0.6 is 0 Å². The summed E-state index contributed by atoms with van der Waals surface area (Å²) in [4.78, 5) is 25.8. The summed E-state index contributed by atoms with van der Waals surface area (Å²) >= 11 is 0. The normalized spacial score (nSPS) is 12.0. The van der Waals surface area contributed by atoms with Crippen LogP contribution in [0.2, 0.25) is 0 Å². The van der Waals surface area contributed by atoms with Gasteiger partial charge in [0.2, 0.25) is 0 Å². The Morgan fingerprint density at radius 2 is 0.940 bits per heavy atom. The number of nitrogens with one attached hydrogen (secondary N) is 1. The number of ketones is 1. The maximum absolute atomic E-state index is 12.9. The van der Waals surface area contributed by atoms with Crippen molar-refractivity contribution in [3.63, 3.8) is 0 Å². The standard InChI is InChI=1S/C46H75NO3/c1-3-5-7-9-11-13-15-17-19-21-22-24-26-28-30-32-34-36-45(49)43-38-42(41-48)39-44(40-43)46(50)47-37-35-33-31-29-27-25-23-20-18-16-14-12-10-8-6-4-2/h11-14,17-20,38-40,48H,3-10,15-16,21-37,41H2,1-2H3,(H,47,50)/b13-11-,14-12-,19-17-,20-18-. The largest absolute Gasteiger partial charge is 0.392 e. The molecule has 0 aliphatic rings. The zero-order chi connectivity index (χ0) is 36.2. The van der Waals surface area contributed by atoms with Gasteiger partial charge >= 0.3 is 0 Å². The van der Waals surface area contributed by atoms with Gasteiger partial charge in [-0.15, -0.1) is 0 Å². The van der Waals surface area contributed by atoms with Gasteiger partial charge < -0.3 is 10.4 Å². The third kappa shape index (κ3) is 27.1. The average Bonchev–Trinajstić information content (AvgIpc) is 3.13. The molecule has 1 rings (SSSR count). The van der Waals surface area contributed by atoms with E-state index in [1.807, 2.05) is 0 Å². The number of aliphatic hydroxyl groups is 1. The van der Waals surface area contributed by atoms with Crippen molar-refractivity contribution in [3.8, 4) is 0 Å². The number of rotatable bonds is 34. The molecule has 0 aliphatic heterocycles. The fourth-order valence-corrected chi connectivity index (χ4v) is 6.09. The summed E-state index contributed by atoms with van der Waals surface area (Å²) in [5.74, 6) is -0.107. The van der Waals surface area contributed by atoms with Gasteiger partial charge in [-0.2, -0.15) is 0 Å². The van der Waals surface area contributed by atoms with Crippen LogP contribution < -0.4 is 5.32 Å². The molecule has 2 N–H and O–H groups in total. The van der Waals surface area contributed by atoms with Crippen molar-refractivity contribution in [1.82, 2.24) is 5.32 Å². The fraction of sp³-hybridized carbons (Fsp3) is 0.652. The van der Waals surface area contributed by atoms with Crippen molar-refractivity contribution in [1.29, 1.82) is 0 Å². The molecule has 1 aromatic carbocycles. The predicted molar refractivity (Wildman–Crippen MR) is 217 cm³/mol. The molecule has 0 heterocycles. The third-order valence-electron chi connectivity index (χ3n) is 9.28. The average molecular weight is 690 g/mol. The second kappa shape index (κ2) is 34.7. The van der Waals surface area contributed by atoms with Gasteiger partial charge in [0, 0.05) is 24.1 Å². The maximum atomic E-state index is 12.9. The van der Waals surface area contributed by atoms with Crippen molar-refractivity contribution in [2.75, 3.05) is 6.54 Å². The van der Waals surface area contributed by atoms with Crippen LogP contribution in [0.15, 0.2) is 66.8 Å². The highest BCUT2D eigenvalue weighted by Crippen LogP contribution is 2.17. The molecule has 1 amide bonds. The summed E-state index contributed by atoms with van der Waals surface area (Å²) in [6, 6.07) is 5.14. The summed E-state index contributed by atoms with van der Waals surface area (Å²) in [6.07, 6.45) is 48.7. The number of allylic oxidation sites excluding steroid dienone is 8. The molecule has 0 spiro atoms. The lowest BCUT2D eigenvalue weighted by atomic mass is 9.98. The van der Waals surface area contributed by atoms with E-state index >= 15 is 0 Å². The first-order chi connectivity index (χ1) is 24.6. The summed E-state index contributed by atoms with van der Waals surface area (Å²) < 4.78 is 0. The van der Waals surface area contributed by atoms with Gasteiger partial charge in [-0.3, -0.25) is 9.59 Å².